The van der Waals surface area contributed by atoms with E-state index >= 15 is 0 Å². The van der Waals surface area contributed by atoms with Crippen LogP contribution >= 0.6 is 0 Å². The number of carbonyl (C=O) groups is 5. The smallest absolute Gasteiger partial charge is 0.246 e. The zero-order valence-corrected chi connectivity index (χ0v) is 25.3. The summed E-state index contributed by atoms with van der Waals surface area (Å²) in [6.07, 6.45) is 1.68. The molecular weight excluding hydrogens is 580 g/mol. The highest BCUT2D eigenvalue weighted by Crippen LogP contribution is 2.20. The molecule has 0 saturated carbocycles. The molecule has 0 unspecified atom stereocenters. The summed E-state index contributed by atoms with van der Waals surface area (Å²) in [6.45, 7) is 1.83. The number of likely N-dealkylation sites (tertiary alicyclic amines) is 1. The lowest BCUT2D eigenvalue weighted by Gasteiger charge is -2.30. The van der Waals surface area contributed by atoms with Crippen LogP contribution in [0.3, 0.4) is 0 Å². The third kappa shape index (κ3) is 10.8. The maximum Gasteiger partial charge on any atom is 0.246 e. The number of aromatic hydroxyl groups is 1. The standard InChI is InChI=1S/C31H42N8O6/c1-19(40)36-25(18-20-7-3-2-4-8-20)30(45)39-16-6-10-26(39)29(44)37-23(9-5-15-35-31(33)34)28(43)38-24(27(32)42)17-21-11-13-22(41)14-12-21/h2-4,7-8,11-14,23-26,41H,5-6,9-10,15-18H2,1H3,(H2,32,42)(H,36,40)(H,37,44)(H,38,43)(H4,33,34,35)/t23-,24-,25-,26-/m0/s1. The van der Waals surface area contributed by atoms with Gasteiger partial charge in [0.1, 0.15) is 29.9 Å². The quantitative estimate of drug-likeness (QED) is 0.0751. The Labute approximate surface area is 261 Å². The Morgan fingerprint density at radius 3 is 2.16 bits per heavy atom. The third-order valence-corrected chi connectivity index (χ3v) is 7.41. The predicted octanol–water partition coefficient (Wildman–Crippen LogP) is -0.818. The molecule has 0 aromatic heterocycles. The Morgan fingerprint density at radius 1 is 0.889 bits per heavy atom. The summed E-state index contributed by atoms with van der Waals surface area (Å²) >= 11 is 0. The Hall–Kier alpha value is -5.14. The van der Waals surface area contributed by atoms with Crippen molar-refractivity contribution in [3.05, 3.63) is 65.7 Å². The molecule has 2 aromatic carbocycles. The lowest BCUT2D eigenvalue weighted by molar-refractivity contribution is -0.142. The molecule has 14 nitrogen and oxygen atoms in total. The van der Waals surface area contributed by atoms with Crippen molar-refractivity contribution >= 4 is 35.5 Å². The first-order chi connectivity index (χ1) is 21.4. The molecule has 0 spiro atoms. The molecule has 0 radical (unpaired) electrons. The molecule has 45 heavy (non-hydrogen) atoms. The van der Waals surface area contributed by atoms with Gasteiger partial charge in [0.05, 0.1) is 0 Å². The van der Waals surface area contributed by atoms with Gasteiger partial charge in [0, 0.05) is 32.9 Å². The van der Waals surface area contributed by atoms with Crippen LogP contribution in [0.15, 0.2) is 59.6 Å². The highest BCUT2D eigenvalue weighted by Gasteiger charge is 2.39. The zero-order valence-electron chi connectivity index (χ0n) is 25.3. The van der Waals surface area contributed by atoms with E-state index in [-0.39, 0.29) is 43.4 Å². The fourth-order valence-electron chi connectivity index (χ4n) is 5.20. The molecule has 5 amide bonds. The minimum Gasteiger partial charge on any atom is -0.508 e. The SMILES string of the molecule is CC(=O)N[C@@H](Cc1ccccc1)C(=O)N1CCC[C@H]1C(=O)N[C@@H](CCCN=C(N)N)C(=O)N[C@@H](Cc1ccc(O)cc1)C(N)=O. The van der Waals surface area contributed by atoms with Gasteiger partial charge in [0.2, 0.25) is 29.5 Å². The van der Waals surface area contributed by atoms with Gasteiger partial charge in [0.25, 0.3) is 0 Å². The lowest BCUT2D eigenvalue weighted by atomic mass is 10.0. The molecule has 1 aliphatic heterocycles. The number of primary amides is 1. The summed E-state index contributed by atoms with van der Waals surface area (Å²) in [6, 6.07) is 11.4. The zero-order chi connectivity index (χ0) is 32.9. The van der Waals surface area contributed by atoms with E-state index in [2.05, 4.69) is 20.9 Å². The normalized spacial score (nSPS) is 16.1. The molecule has 2 aromatic rings. The van der Waals surface area contributed by atoms with Crippen LogP contribution in [0.4, 0.5) is 0 Å². The van der Waals surface area contributed by atoms with E-state index in [1.807, 2.05) is 30.3 Å². The average molecular weight is 623 g/mol. The average Bonchev–Trinajstić information content (AvgIpc) is 3.49. The van der Waals surface area contributed by atoms with Crippen LogP contribution in [-0.4, -0.2) is 82.8 Å². The van der Waals surface area contributed by atoms with Crippen LogP contribution in [0, 0.1) is 0 Å². The van der Waals surface area contributed by atoms with Gasteiger partial charge in [-0.2, -0.15) is 0 Å². The van der Waals surface area contributed by atoms with E-state index in [0.717, 1.165) is 5.56 Å². The van der Waals surface area contributed by atoms with Gasteiger partial charge in [-0.1, -0.05) is 42.5 Å². The summed E-state index contributed by atoms with van der Waals surface area (Å²) in [5.41, 5.74) is 17.9. The van der Waals surface area contributed by atoms with Crippen LogP contribution in [0.5, 0.6) is 5.75 Å². The molecule has 1 saturated heterocycles. The number of carbonyl (C=O) groups excluding carboxylic acids is 5. The number of hydrogen-bond acceptors (Lipinski definition) is 7. The Bertz CT molecular complexity index is 1360. The Kier molecular flexibility index (Phi) is 12.7. The van der Waals surface area contributed by atoms with Crippen LogP contribution in [-0.2, 0) is 36.8 Å². The fraction of sp³-hybridized carbons (Fsp3) is 0.419. The van der Waals surface area contributed by atoms with Crippen molar-refractivity contribution in [2.45, 2.75) is 69.6 Å². The van der Waals surface area contributed by atoms with Gasteiger partial charge in [-0.15, -0.1) is 0 Å². The summed E-state index contributed by atoms with van der Waals surface area (Å²) in [4.78, 5) is 70.3. The summed E-state index contributed by atoms with van der Waals surface area (Å²) < 4.78 is 0. The number of amides is 5. The number of phenols is 1. The van der Waals surface area contributed by atoms with E-state index < -0.39 is 47.8 Å². The minimum atomic E-state index is -1.10. The molecule has 0 bridgehead atoms. The van der Waals surface area contributed by atoms with E-state index in [0.29, 0.717) is 31.4 Å². The summed E-state index contributed by atoms with van der Waals surface area (Å²) in [7, 11) is 0. The van der Waals surface area contributed by atoms with Crippen molar-refractivity contribution in [3.8, 4) is 5.75 Å². The van der Waals surface area contributed by atoms with Crippen LogP contribution in [0.1, 0.15) is 43.7 Å². The van der Waals surface area contributed by atoms with Crippen molar-refractivity contribution < 1.29 is 29.1 Å². The molecular formula is C31H42N8O6. The second kappa shape index (κ2) is 16.6. The number of guanidine groups is 1. The van der Waals surface area contributed by atoms with E-state index in [4.69, 9.17) is 17.2 Å². The summed E-state index contributed by atoms with van der Waals surface area (Å²) in [5.74, 6) is -2.82. The molecule has 10 N–H and O–H groups in total. The van der Waals surface area contributed by atoms with Crippen LogP contribution in [0.25, 0.3) is 0 Å². The first-order valence-electron chi connectivity index (χ1n) is 14.8. The number of benzene rings is 2. The van der Waals surface area contributed by atoms with E-state index in [1.54, 1.807) is 12.1 Å². The fourth-order valence-corrected chi connectivity index (χ4v) is 5.20. The van der Waals surface area contributed by atoms with Gasteiger partial charge in [0.15, 0.2) is 5.96 Å². The number of phenolic OH excluding ortho intramolecular Hbond substituents is 1. The first kappa shape index (κ1) is 34.4. The molecule has 3 rings (SSSR count). The number of hydrogen-bond donors (Lipinski definition) is 7. The molecule has 1 heterocycles. The van der Waals surface area contributed by atoms with Gasteiger partial charge >= 0.3 is 0 Å². The van der Waals surface area contributed by atoms with Crippen molar-refractivity contribution in [2.75, 3.05) is 13.1 Å². The maximum absolute atomic E-state index is 13.7. The number of rotatable bonds is 15. The Morgan fingerprint density at radius 2 is 1.53 bits per heavy atom. The molecule has 14 heteroatoms. The number of nitrogens with two attached hydrogens (primary N) is 3. The first-order valence-corrected chi connectivity index (χ1v) is 14.8. The molecule has 1 fully saturated rings. The highest BCUT2D eigenvalue weighted by molar-refractivity contribution is 5.95. The predicted molar refractivity (Wildman–Crippen MR) is 167 cm³/mol. The minimum absolute atomic E-state index is 0.0462. The monoisotopic (exact) mass is 622 g/mol. The largest absolute Gasteiger partial charge is 0.508 e. The van der Waals surface area contributed by atoms with Crippen LogP contribution < -0.4 is 33.2 Å². The van der Waals surface area contributed by atoms with E-state index in [1.165, 1.54) is 24.0 Å². The van der Waals surface area contributed by atoms with Gasteiger partial charge in [-0.05, 0) is 48.9 Å². The second-order valence-electron chi connectivity index (χ2n) is 11.0. The molecule has 0 aliphatic carbocycles. The third-order valence-electron chi connectivity index (χ3n) is 7.41. The molecule has 242 valence electrons. The molecule has 4 atom stereocenters. The van der Waals surface area contributed by atoms with Crippen molar-refractivity contribution in [1.29, 1.82) is 0 Å². The second-order valence-corrected chi connectivity index (χ2v) is 11.0. The summed E-state index contributed by atoms with van der Waals surface area (Å²) in [5, 5.41) is 17.6. The van der Waals surface area contributed by atoms with Crippen molar-refractivity contribution in [2.24, 2.45) is 22.2 Å². The maximum atomic E-state index is 13.7. The van der Waals surface area contributed by atoms with Crippen molar-refractivity contribution in [3.63, 3.8) is 0 Å². The van der Waals surface area contributed by atoms with E-state index in [9.17, 15) is 29.1 Å². The topological polar surface area (TPSA) is 235 Å². The number of nitrogens with zero attached hydrogens (tertiary/aromatic N) is 2. The van der Waals surface area contributed by atoms with Gasteiger partial charge in [-0.25, -0.2) is 0 Å². The number of aliphatic imine (C=N–C) groups is 1. The van der Waals surface area contributed by atoms with Crippen molar-refractivity contribution in [1.82, 2.24) is 20.9 Å². The van der Waals surface area contributed by atoms with Crippen LogP contribution in [0.2, 0.25) is 0 Å². The highest BCUT2D eigenvalue weighted by atomic mass is 16.3. The van der Waals surface area contributed by atoms with Gasteiger partial charge in [-0.3, -0.25) is 29.0 Å². The number of nitrogens with one attached hydrogen (secondary N) is 3. The lowest BCUT2D eigenvalue weighted by Crippen LogP contribution is -2.58. The van der Waals surface area contributed by atoms with Gasteiger partial charge < -0.3 is 43.2 Å². The Balaban J connectivity index is 1.75. The molecule has 1 aliphatic rings.